The van der Waals surface area contributed by atoms with Crippen molar-refractivity contribution in [3.05, 3.63) is 35.4 Å². The highest BCUT2D eigenvalue weighted by Crippen LogP contribution is 2.18. The first-order valence-electron chi connectivity index (χ1n) is 3.53. The van der Waals surface area contributed by atoms with E-state index in [1.54, 1.807) is 12.1 Å². The van der Waals surface area contributed by atoms with Crippen LogP contribution in [0.1, 0.15) is 0 Å². The minimum absolute atomic E-state index is 0.282. The van der Waals surface area contributed by atoms with Crippen LogP contribution in [-0.4, -0.2) is 4.98 Å². The molecule has 0 atom stereocenters. The van der Waals surface area contributed by atoms with Crippen molar-refractivity contribution in [2.45, 2.75) is 0 Å². The molecule has 1 aromatic heterocycles. The number of hydrogen-bond donors (Lipinski definition) is 0. The van der Waals surface area contributed by atoms with Gasteiger partial charge in [0, 0.05) is 10.4 Å². The second-order valence-corrected chi connectivity index (χ2v) is 2.97. The summed E-state index contributed by atoms with van der Waals surface area (Å²) in [5, 5.41) is 1.67. The quantitative estimate of drug-likeness (QED) is 0.610. The van der Waals surface area contributed by atoms with Gasteiger partial charge in [-0.05, 0) is 30.3 Å². The molecule has 0 spiro atoms. The van der Waals surface area contributed by atoms with Gasteiger partial charge in [-0.2, -0.15) is 0 Å². The third-order valence-corrected chi connectivity index (χ3v) is 1.89. The third-order valence-electron chi connectivity index (χ3n) is 1.65. The molecule has 0 fully saturated rings. The van der Waals surface area contributed by atoms with Crippen LogP contribution in [0.3, 0.4) is 0 Å². The lowest BCUT2D eigenvalue weighted by molar-refractivity contribution is 1.31. The molecule has 1 heterocycles. The molecule has 2 aromatic rings. The average molecular weight is 178 g/mol. The first kappa shape index (κ1) is 7.37. The number of hydrogen-bond acceptors (Lipinski definition) is 1. The smallest absolute Gasteiger partial charge is 0.145 e. The molecule has 0 unspecified atom stereocenters. The third kappa shape index (κ3) is 1.21. The molecule has 3 heteroatoms. The zero-order valence-electron chi connectivity index (χ0n) is 6.21. The summed E-state index contributed by atoms with van der Waals surface area (Å²) in [7, 11) is 0. The van der Waals surface area contributed by atoms with Gasteiger partial charge in [-0.3, -0.25) is 5.73 Å². The Labute approximate surface area is 75.0 Å². The number of aromatic nitrogens is 1. The molecule has 0 bridgehead atoms. The summed E-state index contributed by atoms with van der Waals surface area (Å²) in [6.45, 7) is 0. The molecule has 0 amide bonds. The van der Waals surface area contributed by atoms with Crippen LogP contribution in [0.2, 0.25) is 5.02 Å². The molecular weight excluding hydrogens is 172 g/mol. The maximum absolute atomic E-state index is 7.29. The predicted octanol–water partition coefficient (Wildman–Crippen LogP) is 2.80. The number of fused-ring (bicyclic) bond motifs is 1. The molecule has 0 aliphatic carbocycles. The van der Waals surface area contributed by atoms with Gasteiger partial charge in [-0.25, -0.2) is 4.98 Å². The first-order valence-corrected chi connectivity index (χ1v) is 3.91. The number of nitrogens with zero attached hydrogens (tertiary/aromatic N) is 1. The molecule has 2 nitrogen and oxygen atoms in total. The van der Waals surface area contributed by atoms with E-state index in [0.29, 0.717) is 5.02 Å². The van der Waals surface area contributed by atoms with E-state index in [-0.39, 0.29) is 5.82 Å². The molecule has 12 heavy (non-hydrogen) atoms. The van der Waals surface area contributed by atoms with Crippen LogP contribution in [0.25, 0.3) is 10.9 Å². The fourth-order valence-corrected chi connectivity index (χ4v) is 1.28. The van der Waals surface area contributed by atoms with Gasteiger partial charge >= 0.3 is 0 Å². The molecular formula is C9H6ClN2. The van der Waals surface area contributed by atoms with Gasteiger partial charge < -0.3 is 0 Å². The van der Waals surface area contributed by atoms with Crippen molar-refractivity contribution in [3.8, 4) is 0 Å². The molecule has 0 saturated carbocycles. The van der Waals surface area contributed by atoms with E-state index in [0.717, 1.165) is 10.9 Å². The van der Waals surface area contributed by atoms with Crippen LogP contribution in [0.4, 0.5) is 5.82 Å². The summed E-state index contributed by atoms with van der Waals surface area (Å²) in [4.78, 5) is 4.02. The molecule has 0 aliphatic heterocycles. The van der Waals surface area contributed by atoms with Crippen molar-refractivity contribution in [2.75, 3.05) is 0 Å². The van der Waals surface area contributed by atoms with E-state index in [1.165, 1.54) is 0 Å². The number of benzene rings is 1. The lowest BCUT2D eigenvalue weighted by Crippen LogP contribution is -1.80. The van der Waals surface area contributed by atoms with Crippen LogP contribution in [0.5, 0.6) is 0 Å². The summed E-state index contributed by atoms with van der Waals surface area (Å²) in [5.41, 5.74) is 8.10. The molecule has 0 aliphatic rings. The first-order chi connectivity index (χ1) is 5.75. The normalized spacial score (nSPS) is 10.4. The Morgan fingerprint density at radius 1 is 1.17 bits per heavy atom. The van der Waals surface area contributed by atoms with E-state index < -0.39 is 0 Å². The number of nitrogens with one attached hydrogen (secondary N) is 1. The second kappa shape index (κ2) is 2.64. The molecule has 1 N–H and O–H groups in total. The van der Waals surface area contributed by atoms with E-state index >= 15 is 0 Å². The largest absolute Gasteiger partial charge is 0.283 e. The Morgan fingerprint density at radius 2 is 2.00 bits per heavy atom. The fourth-order valence-electron chi connectivity index (χ4n) is 1.10. The van der Waals surface area contributed by atoms with Crippen LogP contribution < -0.4 is 5.73 Å². The summed E-state index contributed by atoms with van der Waals surface area (Å²) in [6.07, 6.45) is 0. The lowest BCUT2D eigenvalue weighted by atomic mass is 10.2. The van der Waals surface area contributed by atoms with Gasteiger partial charge in [0.1, 0.15) is 5.82 Å². The van der Waals surface area contributed by atoms with Gasteiger partial charge in [0.2, 0.25) is 0 Å². The van der Waals surface area contributed by atoms with Crippen LogP contribution in [0.15, 0.2) is 30.3 Å². The lowest BCUT2D eigenvalue weighted by Gasteiger charge is -1.97. The van der Waals surface area contributed by atoms with E-state index in [4.69, 9.17) is 17.3 Å². The van der Waals surface area contributed by atoms with Gasteiger partial charge in [0.15, 0.2) is 0 Å². The van der Waals surface area contributed by atoms with Crippen LogP contribution >= 0.6 is 11.6 Å². The SMILES string of the molecule is [NH]c1ccc2cc(Cl)ccc2n1. The topological polar surface area (TPSA) is 36.7 Å². The van der Waals surface area contributed by atoms with Gasteiger partial charge in [0.25, 0.3) is 0 Å². The molecule has 1 radical (unpaired) electrons. The zero-order valence-corrected chi connectivity index (χ0v) is 6.97. The van der Waals surface area contributed by atoms with Crippen LogP contribution in [-0.2, 0) is 0 Å². The number of rotatable bonds is 0. The highest BCUT2D eigenvalue weighted by atomic mass is 35.5. The molecule has 1 aromatic carbocycles. The van der Waals surface area contributed by atoms with Crippen molar-refractivity contribution in [1.29, 1.82) is 0 Å². The van der Waals surface area contributed by atoms with E-state index in [2.05, 4.69) is 4.98 Å². The standard InChI is InChI=1S/C9H6ClN2/c10-7-2-3-8-6(5-7)1-4-9(11)12-8/h1-5,11H. The van der Waals surface area contributed by atoms with Gasteiger partial charge in [-0.15, -0.1) is 0 Å². The Bertz CT molecular complexity index is 385. The Kier molecular flexibility index (Phi) is 1.62. The van der Waals surface area contributed by atoms with Crippen molar-refractivity contribution in [3.63, 3.8) is 0 Å². The van der Waals surface area contributed by atoms with Crippen molar-refractivity contribution < 1.29 is 0 Å². The number of halogens is 1. The minimum Gasteiger partial charge on any atom is -0.283 e. The van der Waals surface area contributed by atoms with Gasteiger partial charge in [-0.1, -0.05) is 11.6 Å². The Morgan fingerprint density at radius 3 is 2.83 bits per heavy atom. The summed E-state index contributed by atoms with van der Waals surface area (Å²) >= 11 is 5.78. The Balaban J connectivity index is 2.79. The minimum atomic E-state index is 0.282. The Hall–Kier alpha value is -1.28. The summed E-state index contributed by atoms with van der Waals surface area (Å²) < 4.78 is 0. The van der Waals surface area contributed by atoms with Crippen molar-refractivity contribution >= 4 is 28.3 Å². The van der Waals surface area contributed by atoms with Crippen LogP contribution in [0, 0.1) is 0 Å². The molecule has 59 valence electrons. The molecule has 2 rings (SSSR count). The van der Waals surface area contributed by atoms with E-state index in [9.17, 15) is 0 Å². The maximum Gasteiger partial charge on any atom is 0.145 e. The maximum atomic E-state index is 7.29. The average Bonchev–Trinajstić information content (AvgIpc) is 2.05. The highest BCUT2D eigenvalue weighted by molar-refractivity contribution is 6.31. The van der Waals surface area contributed by atoms with Crippen molar-refractivity contribution in [1.82, 2.24) is 10.7 Å². The van der Waals surface area contributed by atoms with E-state index in [1.807, 2.05) is 18.2 Å². The van der Waals surface area contributed by atoms with Gasteiger partial charge in [0.05, 0.1) is 5.52 Å². The molecule has 0 saturated heterocycles. The highest BCUT2D eigenvalue weighted by Gasteiger charge is 1.95. The second-order valence-electron chi connectivity index (χ2n) is 2.53. The number of pyridine rings is 1. The zero-order chi connectivity index (χ0) is 8.55. The fraction of sp³-hybridized carbons (Fsp3) is 0. The summed E-state index contributed by atoms with van der Waals surface area (Å²) in [5.74, 6) is 0.282. The van der Waals surface area contributed by atoms with Crippen molar-refractivity contribution in [2.24, 2.45) is 0 Å². The predicted molar refractivity (Wildman–Crippen MR) is 49.5 cm³/mol. The summed E-state index contributed by atoms with van der Waals surface area (Å²) in [6, 6.07) is 8.92. The monoisotopic (exact) mass is 177 g/mol.